The number of aryl methyl sites for hydroxylation is 1. The van der Waals surface area contributed by atoms with Crippen LogP contribution in [-0.2, 0) is 14.8 Å². The Bertz CT molecular complexity index is 636. The van der Waals surface area contributed by atoms with Crippen molar-refractivity contribution >= 4 is 27.3 Å². The first-order chi connectivity index (χ1) is 10.3. The van der Waals surface area contributed by atoms with Gasteiger partial charge in [0.25, 0.3) is 5.69 Å². The van der Waals surface area contributed by atoms with E-state index in [1.165, 1.54) is 12.1 Å². The molecule has 10 heteroatoms. The van der Waals surface area contributed by atoms with E-state index >= 15 is 0 Å². The van der Waals surface area contributed by atoms with Gasteiger partial charge in [-0.3, -0.25) is 10.1 Å². The number of nitro benzene ring substituents is 1. The third-order valence-electron chi connectivity index (χ3n) is 2.73. The Balaban J connectivity index is 2.83. The molecule has 0 saturated heterocycles. The maximum absolute atomic E-state index is 12.2. The van der Waals surface area contributed by atoms with Crippen molar-refractivity contribution in [2.24, 2.45) is 0 Å². The number of halogens is 1. The molecular formula is C12H18ClN3O5S. The van der Waals surface area contributed by atoms with Gasteiger partial charge < -0.3 is 10.1 Å². The van der Waals surface area contributed by atoms with Crippen molar-refractivity contribution in [3.05, 3.63) is 32.8 Å². The van der Waals surface area contributed by atoms with Gasteiger partial charge in [-0.1, -0.05) is 11.6 Å². The lowest BCUT2D eigenvalue weighted by Gasteiger charge is -2.10. The molecule has 0 aliphatic carbocycles. The van der Waals surface area contributed by atoms with Crippen molar-refractivity contribution in [1.82, 2.24) is 10.0 Å². The largest absolute Gasteiger partial charge is 0.383 e. The third kappa shape index (κ3) is 5.18. The quantitative estimate of drug-likeness (QED) is 0.391. The van der Waals surface area contributed by atoms with Crippen LogP contribution in [-0.4, -0.2) is 46.7 Å². The molecule has 0 atom stereocenters. The van der Waals surface area contributed by atoms with Crippen molar-refractivity contribution < 1.29 is 18.1 Å². The summed E-state index contributed by atoms with van der Waals surface area (Å²) in [5.41, 5.74) is 0.00922. The fraction of sp³-hybridized carbons (Fsp3) is 0.500. The summed E-state index contributed by atoms with van der Waals surface area (Å²) >= 11 is 5.85. The fourth-order valence-corrected chi connectivity index (χ4v) is 3.39. The predicted molar refractivity (Wildman–Crippen MR) is 82.8 cm³/mol. The van der Waals surface area contributed by atoms with Gasteiger partial charge >= 0.3 is 0 Å². The molecule has 22 heavy (non-hydrogen) atoms. The summed E-state index contributed by atoms with van der Waals surface area (Å²) in [5, 5.41) is 13.5. The summed E-state index contributed by atoms with van der Waals surface area (Å²) in [5.74, 6) is 0. The van der Waals surface area contributed by atoms with Crippen molar-refractivity contribution in [3.8, 4) is 0 Å². The molecule has 8 nitrogen and oxygen atoms in total. The Morgan fingerprint density at radius 1 is 1.32 bits per heavy atom. The van der Waals surface area contributed by atoms with E-state index in [4.69, 9.17) is 16.3 Å². The van der Waals surface area contributed by atoms with Crippen LogP contribution in [0.5, 0.6) is 0 Å². The van der Waals surface area contributed by atoms with Crippen LogP contribution in [0.15, 0.2) is 17.0 Å². The number of ether oxygens (including phenoxy) is 1. The second kappa shape index (κ2) is 8.39. The number of benzene rings is 1. The predicted octanol–water partition coefficient (Wildman–Crippen LogP) is 1.07. The molecular weight excluding hydrogens is 334 g/mol. The monoisotopic (exact) mass is 351 g/mol. The average molecular weight is 352 g/mol. The Labute approximate surface area is 134 Å². The molecule has 1 rings (SSSR count). The number of rotatable bonds is 9. The molecule has 0 unspecified atom stereocenters. The summed E-state index contributed by atoms with van der Waals surface area (Å²) in [7, 11) is -2.35. The van der Waals surface area contributed by atoms with Crippen LogP contribution >= 0.6 is 11.6 Å². The minimum atomic E-state index is -3.92. The SMILES string of the molecule is COCCNCCNS(=O)(=O)c1cc(C)cc([N+](=O)[O-])c1Cl. The maximum Gasteiger partial charge on any atom is 0.289 e. The Kier molecular flexibility index (Phi) is 7.17. The minimum Gasteiger partial charge on any atom is -0.383 e. The second-order valence-electron chi connectivity index (χ2n) is 4.49. The van der Waals surface area contributed by atoms with Gasteiger partial charge in [0.2, 0.25) is 10.0 Å². The topological polar surface area (TPSA) is 111 Å². The van der Waals surface area contributed by atoms with Crippen molar-refractivity contribution in [1.29, 1.82) is 0 Å². The molecule has 0 heterocycles. The lowest BCUT2D eigenvalue weighted by molar-refractivity contribution is -0.385. The number of methoxy groups -OCH3 is 1. The van der Waals surface area contributed by atoms with E-state index in [0.29, 0.717) is 25.3 Å². The molecule has 0 radical (unpaired) electrons. The highest BCUT2D eigenvalue weighted by atomic mass is 35.5. The molecule has 0 fully saturated rings. The van der Waals surface area contributed by atoms with E-state index in [2.05, 4.69) is 10.0 Å². The van der Waals surface area contributed by atoms with Gasteiger partial charge in [0.1, 0.15) is 9.92 Å². The van der Waals surface area contributed by atoms with Crippen LogP contribution in [0.3, 0.4) is 0 Å². The van der Waals surface area contributed by atoms with Crippen molar-refractivity contribution in [2.45, 2.75) is 11.8 Å². The van der Waals surface area contributed by atoms with Gasteiger partial charge in [-0.05, 0) is 18.6 Å². The number of hydrogen-bond donors (Lipinski definition) is 2. The Hall–Kier alpha value is -1.26. The molecule has 0 aliphatic rings. The summed E-state index contributed by atoms with van der Waals surface area (Å²) < 4.78 is 31.6. The molecule has 0 spiro atoms. The summed E-state index contributed by atoms with van der Waals surface area (Å²) in [6.07, 6.45) is 0. The van der Waals surface area contributed by atoms with Gasteiger partial charge in [-0.2, -0.15) is 0 Å². The molecule has 0 saturated carbocycles. The van der Waals surface area contributed by atoms with E-state index in [1.54, 1.807) is 14.0 Å². The van der Waals surface area contributed by atoms with Gasteiger partial charge in [-0.15, -0.1) is 0 Å². The highest BCUT2D eigenvalue weighted by molar-refractivity contribution is 7.89. The van der Waals surface area contributed by atoms with Crippen molar-refractivity contribution in [2.75, 3.05) is 33.4 Å². The zero-order chi connectivity index (χ0) is 16.8. The zero-order valence-corrected chi connectivity index (χ0v) is 13.8. The van der Waals surface area contributed by atoms with Crippen LogP contribution in [0.25, 0.3) is 0 Å². The van der Waals surface area contributed by atoms with E-state index in [0.717, 1.165) is 0 Å². The standard InChI is InChI=1S/C12H18ClN3O5S/c1-9-7-10(16(17)18)12(13)11(8-9)22(19,20)15-4-3-14-5-6-21-2/h7-8,14-15H,3-6H2,1-2H3. The molecule has 0 amide bonds. The molecule has 0 bridgehead atoms. The fourth-order valence-electron chi connectivity index (χ4n) is 1.70. The summed E-state index contributed by atoms with van der Waals surface area (Å²) in [4.78, 5) is 9.90. The normalized spacial score (nSPS) is 11.6. The maximum atomic E-state index is 12.2. The van der Waals surface area contributed by atoms with E-state index < -0.39 is 25.7 Å². The summed E-state index contributed by atoms with van der Waals surface area (Å²) in [6.45, 7) is 3.20. The van der Waals surface area contributed by atoms with E-state index in [9.17, 15) is 18.5 Å². The molecule has 0 aromatic heterocycles. The van der Waals surface area contributed by atoms with Gasteiger partial charge in [0.15, 0.2) is 0 Å². The Morgan fingerprint density at radius 3 is 2.59 bits per heavy atom. The number of nitrogens with one attached hydrogen (secondary N) is 2. The first-order valence-corrected chi connectivity index (χ1v) is 8.29. The first-order valence-electron chi connectivity index (χ1n) is 6.43. The number of sulfonamides is 1. The number of hydrogen-bond acceptors (Lipinski definition) is 6. The highest BCUT2D eigenvalue weighted by Gasteiger charge is 2.25. The van der Waals surface area contributed by atoms with E-state index in [-0.39, 0.29) is 11.4 Å². The van der Waals surface area contributed by atoms with Gasteiger partial charge in [0.05, 0.1) is 11.5 Å². The van der Waals surface area contributed by atoms with Crippen molar-refractivity contribution in [3.63, 3.8) is 0 Å². The number of nitrogens with zero attached hydrogens (tertiary/aromatic N) is 1. The molecule has 124 valence electrons. The molecule has 2 N–H and O–H groups in total. The Morgan fingerprint density at radius 2 is 2.00 bits per heavy atom. The smallest absolute Gasteiger partial charge is 0.289 e. The second-order valence-corrected chi connectivity index (χ2v) is 6.61. The van der Waals surface area contributed by atoms with Gasteiger partial charge in [-0.25, -0.2) is 13.1 Å². The van der Waals surface area contributed by atoms with Crippen LogP contribution in [0.1, 0.15) is 5.56 Å². The average Bonchev–Trinajstić information content (AvgIpc) is 2.44. The van der Waals surface area contributed by atoms with Crippen LogP contribution in [0.4, 0.5) is 5.69 Å². The third-order valence-corrected chi connectivity index (χ3v) is 4.72. The van der Waals surface area contributed by atoms with Crippen LogP contribution < -0.4 is 10.0 Å². The first kappa shape index (κ1) is 18.8. The van der Waals surface area contributed by atoms with E-state index in [1.807, 2.05) is 0 Å². The lowest BCUT2D eigenvalue weighted by atomic mass is 10.2. The number of nitro groups is 1. The van der Waals surface area contributed by atoms with Gasteiger partial charge in [0, 0.05) is 32.8 Å². The molecule has 0 aliphatic heterocycles. The van der Waals surface area contributed by atoms with Crippen LogP contribution in [0.2, 0.25) is 5.02 Å². The molecule has 1 aromatic carbocycles. The lowest BCUT2D eigenvalue weighted by Crippen LogP contribution is -2.33. The van der Waals surface area contributed by atoms with Crippen LogP contribution in [0, 0.1) is 17.0 Å². The minimum absolute atomic E-state index is 0.129. The zero-order valence-electron chi connectivity index (χ0n) is 12.3. The highest BCUT2D eigenvalue weighted by Crippen LogP contribution is 2.32. The summed E-state index contributed by atoms with van der Waals surface area (Å²) in [6, 6.07) is 2.53. The molecule has 1 aromatic rings.